The van der Waals surface area contributed by atoms with Gasteiger partial charge in [-0.15, -0.1) is 0 Å². The van der Waals surface area contributed by atoms with Crippen molar-refractivity contribution >= 4 is 23.3 Å². The summed E-state index contributed by atoms with van der Waals surface area (Å²) < 4.78 is 11.2. The summed E-state index contributed by atoms with van der Waals surface area (Å²) in [6.45, 7) is 3.32. The van der Waals surface area contributed by atoms with E-state index in [4.69, 9.17) is 21.1 Å². The molecule has 1 fully saturated rings. The van der Waals surface area contributed by atoms with Crippen LogP contribution < -0.4 is 10.1 Å². The molecule has 0 bridgehead atoms. The summed E-state index contributed by atoms with van der Waals surface area (Å²) in [5, 5.41) is 3.33. The third-order valence-electron chi connectivity index (χ3n) is 3.86. The molecule has 1 aliphatic rings. The Morgan fingerprint density at radius 3 is 2.67 bits per heavy atom. The zero-order chi connectivity index (χ0) is 16.9. The SMILES string of the molecule is Cc1cc(Cl)cnc1NC(=O)c1ccc(OC2CCOCC2)cc1. The van der Waals surface area contributed by atoms with E-state index in [0.29, 0.717) is 16.4 Å². The lowest BCUT2D eigenvalue weighted by molar-refractivity contribution is 0.0256. The topological polar surface area (TPSA) is 60.5 Å². The van der Waals surface area contributed by atoms with Crippen molar-refractivity contribution in [3.8, 4) is 5.75 Å². The van der Waals surface area contributed by atoms with Crippen LogP contribution in [0, 0.1) is 6.92 Å². The number of hydrogen-bond acceptors (Lipinski definition) is 4. The fourth-order valence-electron chi connectivity index (χ4n) is 2.52. The Morgan fingerprint density at radius 1 is 1.29 bits per heavy atom. The summed E-state index contributed by atoms with van der Waals surface area (Å²) in [5.74, 6) is 1.05. The Labute approximate surface area is 145 Å². The molecule has 1 aromatic heterocycles. The van der Waals surface area contributed by atoms with Crippen LogP contribution in [0.2, 0.25) is 5.02 Å². The summed E-state index contributed by atoms with van der Waals surface area (Å²) in [5.41, 5.74) is 1.36. The first-order chi connectivity index (χ1) is 11.6. The highest BCUT2D eigenvalue weighted by molar-refractivity contribution is 6.30. The van der Waals surface area contributed by atoms with Gasteiger partial charge in [0.25, 0.3) is 5.91 Å². The number of amides is 1. The number of benzene rings is 1. The maximum absolute atomic E-state index is 12.3. The van der Waals surface area contributed by atoms with Crippen molar-refractivity contribution in [2.45, 2.75) is 25.9 Å². The first kappa shape index (κ1) is 16.7. The Hall–Kier alpha value is -2.11. The van der Waals surface area contributed by atoms with Crippen molar-refractivity contribution in [3.05, 3.63) is 52.7 Å². The standard InChI is InChI=1S/C18H19ClN2O3/c1-12-10-14(19)11-20-17(12)21-18(22)13-2-4-15(5-3-13)24-16-6-8-23-9-7-16/h2-5,10-11,16H,6-9H2,1H3,(H,20,21,22). The Balaban J connectivity index is 1.62. The van der Waals surface area contributed by atoms with Crippen LogP contribution >= 0.6 is 11.6 Å². The minimum atomic E-state index is -0.217. The van der Waals surface area contributed by atoms with E-state index in [-0.39, 0.29) is 12.0 Å². The maximum Gasteiger partial charge on any atom is 0.256 e. The number of aryl methyl sites for hydroxylation is 1. The molecule has 6 heteroatoms. The maximum atomic E-state index is 12.3. The highest BCUT2D eigenvalue weighted by atomic mass is 35.5. The number of carbonyl (C=O) groups excluding carboxylic acids is 1. The predicted molar refractivity (Wildman–Crippen MR) is 92.8 cm³/mol. The van der Waals surface area contributed by atoms with Gasteiger partial charge in [-0.3, -0.25) is 4.79 Å². The van der Waals surface area contributed by atoms with Crippen LogP contribution in [0.25, 0.3) is 0 Å². The van der Waals surface area contributed by atoms with Crippen LogP contribution in [0.15, 0.2) is 36.5 Å². The van der Waals surface area contributed by atoms with Crippen LogP contribution in [-0.4, -0.2) is 30.2 Å². The zero-order valence-corrected chi connectivity index (χ0v) is 14.2. The van der Waals surface area contributed by atoms with E-state index in [2.05, 4.69) is 10.3 Å². The van der Waals surface area contributed by atoms with Gasteiger partial charge >= 0.3 is 0 Å². The van der Waals surface area contributed by atoms with Crippen molar-refractivity contribution in [2.24, 2.45) is 0 Å². The molecule has 1 saturated heterocycles. The second-order valence-corrected chi connectivity index (χ2v) is 6.16. The van der Waals surface area contributed by atoms with Gasteiger partial charge in [-0.1, -0.05) is 11.6 Å². The van der Waals surface area contributed by atoms with Gasteiger partial charge in [-0.25, -0.2) is 4.98 Å². The van der Waals surface area contributed by atoms with Gasteiger partial charge in [0.1, 0.15) is 17.7 Å². The van der Waals surface area contributed by atoms with E-state index >= 15 is 0 Å². The molecule has 24 heavy (non-hydrogen) atoms. The van der Waals surface area contributed by atoms with E-state index in [1.165, 1.54) is 6.20 Å². The molecular weight excluding hydrogens is 328 g/mol. The summed E-state index contributed by atoms with van der Waals surface area (Å²) in [7, 11) is 0. The second kappa shape index (κ2) is 7.64. The minimum absolute atomic E-state index is 0.180. The molecule has 0 radical (unpaired) electrons. The molecule has 1 N–H and O–H groups in total. The van der Waals surface area contributed by atoms with Crippen molar-refractivity contribution in [3.63, 3.8) is 0 Å². The van der Waals surface area contributed by atoms with Gasteiger partial charge < -0.3 is 14.8 Å². The first-order valence-corrected chi connectivity index (χ1v) is 8.27. The average molecular weight is 347 g/mol. The number of anilines is 1. The summed E-state index contributed by atoms with van der Waals surface area (Å²) >= 11 is 5.87. The number of nitrogens with zero attached hydrogens (tertiary/aromatic N) is 1. The van der Waals surface area contributed by atoms with Gasteiger partial charge in [0, 0.05) is 24.6 Å². The number of nitrogens with one attached hydrogen (secondary N) is 1. The monoisotopic (exact) mass is 346 g/mol. The fraction of sp³-hybridized carbons (Fsp3) is 0.333. The number of ether oxygens (including phenoxy) is 2. The van der Waals surface area contributed by atoms with E-state index in [9.17, 15) is 4.79 Å². The molecule has 126 valence electrons. The first-order valence-electron chi connectivity index (χ1n) is 7.90. The number of carbonyl (C=O) groups is 1. The largest absolute Gasteiger partial charge is 0.490 e. The normalized spacial score (nSPS) is 15.1. The third kappa shape index (κ3) is 4.24. The lowest BCUT2D eigenvalue weighted by Crippen LogP contribution is -2.25. The number of hydrogen-bond donors (Lipinski definition) is 1. The highest BCUT2D eigenvalue weighted by Gasteiger charge is 2.15. The van der Waals surface area contributed by atoms with Gasteiger partial charge in [0.15, 0.2) is 0 Å². The number of pyridine rings is 1. The lowest BCUT2D eigenvalue weighted by atomic mass is 10.1. The van der Waals surface area contributed by atoms with Crippen molar-refractivity contribution < 1.29 is 14.3 Å². The third-order valence-corrected chi connectivity index (χ3v) is 4.07. The molecule has 0 spiro atoms. The van der Waals surface area contributed by atoms with Gasteiger partial charge in [-0.05, 0) is 42.8 Å². The predicted octanol–water partition coefficient (Wildman–Crippen LogP) is 3.85. The fourth-order valence-corrected chi connectivity index (χ4v) is 2.73. The van der Waals surface area contributed by atoms with Crippen LogP contribution in [0.5, 0.6) is 5.75 Å². The summed E-state index contributed by atoms with van der Waals surface area (Å²) in [4.78, 5) is 16.4. The van der Waals surface area contributed by atoms with Crippen LogP contribution in [0.3, 0.4) is 0 Å². The van der Waals surface area contributed by atoms with Crippen molar-refractivity contribution in [1.29, 1.82) is 0 Å². The molecule has 2 heterocycles. The quantitative estimate of drug-likeness (QED) is 0.913. The summed E-state index contributed by atoms with van der Waals surface area (Å²) in [6, 6.07) is 8.87. The molecule has 0 unspecified atom stereocenters. The molecule has 0 saturated carbocycles. The molecule has 3 rings (SSSR count). The van der Waals surface area contributed by atoms with E-state index < -0.39 is 0 Å². The average Bonchev–Trinajstić information content (AvgIpc) is 2.59. The highest BCUT2D eigenvalue weighted by Crippen LogP contribution is 2.20. The van der Waals surface area contributed by atoms with Crippen LogP contribution in [0.1, 0.15) is 28.8 Å². The molecule has 5 nitrogen and oxygen atoms in total. The van der Waals surface area contributed by atoms with E-state index in [1.54, 1.807) is 18.2 Å². The molecule has 2 aromatic rings. The molecule has 1 aromatic carbocycles. The lowest BCUT2D eigenvalue weighted by Gasteiger charge is -2.23. The van der Waals surface area contributed by atoms with E-state index in [1.807, 2.05) is 19.1 Å². The minimum Gasteiger partial charge on any atom is -0.490 e. The van der Waals surface area contributed by atoms with Crippen LogP contribution in [0.4, 0.5) is 5.82 Å². The van der Waals surface area contributed by atoms with Crippen molar-refractivity contribution in [1.82, 2.24) is 4.98 Å². The molecular formula is C18H19ClN2O3. The van der Waals surface area contributed by atoms with Gasteiger partial charge in [-0.2, -0.15) is 0 Å². The van der Waals surface area contributed by atoms with Gasteiger partial charge in [0.2, 0.25) is 0 Å². The number of aromatic nitrogens is 1. The van der Waals surface area contributed by atoms with Crippen LogP contribution in [-0.2, 0) is 4.74 Å². The number of rotatable bonds is 4. The Morgan fingerprint density at radius 2 is 2.00 bits per heavy atom. The molecule has 1 amide bonds. The van der Waals surface area contributed by atoms with Gasteiger partial charge in [0.05, 0.1) is 18.2 Å². The van der Waals surface area contributed by atoms with Crippen molar-refractivity contribution in [2.75, 3.05) is 18.5 Å². The second-order valence-electron chi connectivity index (χ2n) is 5.73. The number of halogens is 1. The Bertz CT molecular complexity index is 713. The zero-order valence-electron chi connectivity index (χ0n) is 13.4. The van der Waals surface area contributed by atoms with E-state index in [0.717, 1.165) is 37.4 Å². The molecule has 0 aliphatic carbocycles. The Kier molecular flexibility index (Phi) is 5.33. The molecule has 1 aliphatic heterocycles. The molecule has 0 atom stereocenters. The summed E-state index contributed by atoms with van der Waals surface area (Å²) in [6.07, 6.45) is 3.47. The smallest absolute Gasteiger partial charge is 0.256 e.